The normalized spacial score (nSPS) is 12.8. The molecule has 22 rings (SSSR count). The largest absolute Gasteiger partial charge is 3.00 e. The summed E-state index contributed by atoms with van der Waals surface area (Å²) in [4.78, 5) is 40.9. The zero-order valence-corrected chi connectivity index (χ0v) is 89.0. The topological polar surface area (TPSA) is 105 Å². The van der Waals surface area contributed by atoms with Gasteiger partial charge in [0.1, 0.15) is 23.2 Å². The minimum Gasteiger partial charge on any atom is -0.351 e. The smallest absolute Gasteiger partial charge is 0.351 e. The molecule has 0 spiro atoms. The number of fused-ring (bicyclic) bond motifs is 24. The van der Waals surface area contributed by atoms with Crippen LogP contribution in [0.15, 0.2) is 267 Å². The maximum Gasteiger partial charge on any atom is 3.00 e. The summed E-state index contributed by atoms with van der Waals surface area (Å²) in [6, 6.07) is 99.0. The van der Waals surface area contributed by atoms with E-state index in [1.54, 1.807) is 36.7 Å². The molecule has 22 aromatic rings. The third-order valence-corrected chi connectivity index (χ3v) is 28.8. The Labute approximate surface area is 845 Å². The van der Waals surface area contributed by atoms with Gasteiger partial charge in [-0.3, -0.25) is 19.6 Å². The van der Waals surface area contributed by atoms with Gasteiger partial charge < -0.3 is 28.2 Å². The van der Waals surface area contributed by atoms with Crippen LogP contribution in [-0.4, -0.2) is 49.8 Å². The van der Waals surface area contributed by atoms with Crippen LogP contribution in [0.1, 0.15) is 231 Å². The van der Waals surface area contributed by atoms with Gasteiger partial charge >= 0.3 is 20.1 Å². The Morgan fingerprint density at radius 1 is 0.254 bits per heavy atom. The van der Waals surface area contributed by atoms with E-state index in [1.807, 2.05) is 0 Å². The average molecular weight is 2050 g/mol. The number of carbonyl (C=O) groups is 2. The van der Waals surface area contributed by atoms with Crippen LogP contribution in [0.3, 0.4) is 0 Å². The monoisotopic (exact) mass is 2050 g/mol. The number of hydrogen-bond donors (Lipinski definition) is 0. The van der Waals surface area contributed by atoms with E-state index in [0.29, 0.717) is 11.4 Å². The second-order valence-corrected chi connectivity index (χ2v) is 47.4. The van der Waals surface area contributed by atoms with Gasteiger partial charge in [0.05, 0.1) is 50.9 Å². The van der Waals surface area contributed by atoms with Crippen LogP contribution in [0.4, 0.5) is 8.78 Å². The zero-order chi connectivity index (χ0) is 100. The van der Waals surface area contributed by atoms with Crippen molar-refractivity contribution in [3.05, 3.63) is 335 Å². The molecular weight excluding hydrogens is 1920 g/mol. The van der Waals surface area contributed by atoms with Gasteiger partial charge in [-0.15, -0.1) is 47.2 Å². The molecular formula is C129H124F2IrN8O2+. The van der Waals surface area contributed by atoms with Crippen LogP contribution in [0.25, 0.3) is 198 Å². The first kappa shape index (κ1) is 97.1. The van der Waals surface area contributed by atoms with Gasteiger partial charge in [0.2, 0.25) is 0 Å². The standard InChI is InChI=1S/2C62H58FN4.C5H8O2.Ir/c2*1-59(2,3)37-15-25-53-48(29-37)49-30-38(60(4,5)6)16-26-54(49)66(53)42-21-23-44-46(33-42)47-34-43(22-24-45(47)58-57(44)64-35-52(65-58)36-13-19-41(63)20-14-36)67-55-27-17-39(61(7,8)9)31-50(55)51-32-40(62(10,11)12)18-28-56(51)67;1-4(6)3-5(2)7;/h2*13-22,24-35H,1-12H3;3H2,1-2H3;/q2*-1;;+3. The molecule has 0 atom stereocenters. The summed E-state index contributed by atoms with van der Waals surface area (Å²) in [6.07, 6.45) is 3.69. The van der Waals surface area contributed by atoms with Crippen LogP contribution in [0.2, 0.25) is 0 Å². The van der Waals surface area contributed by atoms with Gasteiger partial charge in [0, 0.05) is 111 Å². The van der Waals surface area contributed by atoms with Crippen LogP contribution in [0, 0.1) is 23.8 Å². The van der Waals surface area contributed by atoms with Crippen LogP contribution in [0.5, 0.6) is 0 Å². The first-order valence-corrected chi connectivity index (χ1v) is 49.4. The summed E-state index contributed by atoms with van der Waals surface area (Å²) in [5.74, 6) is -0.692. The molecule has 13 heteroatoms. The van der Waals surface area contributed by atoms with E-state index in [9.17, 15) is 18.4 Å². The molecule has 714 valence electrons. The van der Waals surface area contributed by atoms with Crippen LogP contribution in [-0.2, 0) is 73.0 Å². The fraction of sp³-hybridized carbons (Fsp3) is 0.271. The Morgan fingerprint density at radius 2 is 0.472 bits per heavy atom. The fourth-order valence-electron chi connectivity index (χ4n) is 20.6. The molecule has 16 aromatic carbocycles. The van der Waals surface area contributed by atoms with Crippen molar-refractivity contribution in [1.82, 2.24) is 38.2 Å². The van der Waals surface area contributed by atoms with Crippen molar-refractivity contribution in [3.8, 4) is 45.3 Å². The van der Waals surface area contributed by atoms with Crippen molar-refractivity contribution in [3.63, 3.8) is 0 Å². The molecule has 0 aliphatic heterocycles. The number of carbonyl (C=O) groups excluding carboxylic acids is 2. The van der Waals surface area contributed by atoms with E-state index in [1.165, 1.54) is 148 Å². The molecule has 10 nitrogen and oxygen atoms in total. The van der Waals surface area contributed by atoms with Crippen LogP contribution < -0.4 is 0 Å². The summed E-state index contributed by atoms with van der Waals surface area (Å²) in [5.41, 5.74) is 30.1. The first-order chi connectivity index (χ1) is 66.4. The number of Topliss-reactive ketones (excluding diaryl/α,β-unsaturated/α-hetero) is 2. The summed E-state index contributed by atoms with van der Waals surface area (Å²) in [6.45, 7) is 57.7. The molecule has 6 aromatic heterocycles. The van der Waals surface area contributed by atoms with Gasteiger partial charge in [-0.05, 0) is 304 Å². The third-order valence-electron chi connectivity index (χ3n) is 28.8. The number of ketones is 2. The number of benzene rings is 16. The minimum atomic E-state index is -0.284. The summed E-state index contributed by atoms with van der Waals surface area (Å²) < 4.78 is 37.9. The van der Waals surface area contributed by atoms with Crippen molar-refractivity contribution >= 4 is 164 Å². The second kappa shape index (κ2) is 34.9. The number of nitrogens with zero attached hydrogens (tertiary/aromatic N) is 8. The van der Waals surface area contributed by atoms with Gasteiger partial charge in [0.15, 0.2) is 0 Å². The Kier molecular flexibility index (Phi) is 23.9. The van der Waals surface area contributed by atoms with E-state index in [4.69, 9.17) is 19.9 Å². The van der Waals surface area contributed by atoms with Crippen LogP contribution >= 0.6 is 0 Å². The van der Waals surface area contributed by atoms with Crippen molar-refractivity contribution in [2.75, 3.05) is 0 Å². The van der Waals surface area contributed by atoms with E-state index < -0.39 is 0 Å². The summed E-state index contributed by atoms with van der Waals surface area (Å²) >= 11 is 0. The van der Waals surface area contributed by atoms with Gasteiger partial charge in [-0.2, -0.15) is 0 Å². The van der Waals surface area contributed by atoms with E-state index >= 15 is 0 Å². The maximum atomic E-state index is 14.1. The Balaban J connectivity index is 0.000000168. The predicted molar refractivity (Wildman–Crippen MR) is 590 cm³/mol. The Hall–Kier alpha value is -13.7. The minimum absolute atomic E-state index is 0. The quantitative estimate of drug-likeness (QED) is 0.0852. The molecule has 0 saturated heterocycles. The third kappa shape index (κ3) is 17.5. The van der Waals surface area contributed by atoms with Crippen molar-refractivity contribution < 1.29 is 38.5 Å². The molecule has 0 radical (unpaired) electrons. The molecule has 0 aliphatic carbocycles. The SMILES string of the molecule is CC(=O)CC(C)=O.CC(C)(C)c1ccc2c(c1)c1cc(C(C)(C)C)ccc1n2-c1c[c-]c2c(c1)c1cc(-n3c4ccc(C(C)(C)C)cc4c4cc(C(C)(C)C)ccc43)ccc1c1nc(-c3ccc(F)cc3)cnc21.CC(C)(C)c1ccc2c(c1)c1cc(C(C)(C)C)ccc1n2-c1c[c-]c2c(c1)c1cc(-n3c4ccc(C(C)(C)C)cc4c4cc(C(C)(C)C)ccc43)ccc1c1nc(-c3ccc(F)cc3)cnc21.[Ir+3]. The van der Waals surface area contributed by atoms with Gasteiger partial charge in [0.25, 0.3) is 0 Å². The summed E-state index contributed by atoms with van der Waals surface area (Å²) in [7, 11) is 0. The van der Waals surface area contributed by atoms with Gasteiger partial charge in [-0.1, -0.05) is 238 Å². The van der Waals surface area contributed by atoms with E-state index in [0.717, 1.165) is 121 Å². The van der Waals surface area contributed by atoms with E-state index in [-0.39, 0.29) is 93.0 Å². The molecule has 142 heavy (non-hydrogen) atoms. The van der Waals surface area contributed by atoms with Crippen molar-refractivity contribution in [1.29, 1.82) is 0 Å². The molecule has 0 fully saturated rings. The second-order valence-electron chi connectivity index (χ2n) is 47.4. The maximum absolute atomic E-state index is 14.1. The predicted octanol–water partition coefficient (Wildman–Crippen LogP) is 34.4. The molecule has 0 saturated carbocycles. The zero-order valence-electron chi connectivity index (χ0n) is 86.6. The molecule has 0 N–H and O–H groups in total. The van der Waals surface area contributed by atoms with Gasteiger partial charge in [-0.25, -0.2) is 8.78 Å². The number of hydrogen-bond acceptors (Lipinski definition) is 6. The Morgan fingerprint density at radius 3 is 0.683 bits per heavy atom. The number of halogens is 2. The average Bonchev–Trinajstić information content (AvgIpc) is 1.32. The Bertz CT molecular complexity index is 8170. The molecule has 0 unspecified atom stereocenters. The first-order valence-electron chi connectivity index (χ1n) is 49.4. The molecule has 0 aliphatic rings. The summed E-state index contributed by atoms with van der Waals surface area (Å²) in [5, 5.41) is 18.0. The van der Waals surface area contributed by atoms with E-state index in [2.05, 4.69) is 403 Å². The number of rotatable bonds is 8. The van der Waals surface area contributed by atoms with Crippen molar-refractivity contribution in [2.45, 2.75) is 230 Å². The fourth-order valence-corrected chi connectivity index (χ4v) is 20.6. The molecule has 0 amide bonds. The van der Waals surface area contributed by atoms with Crippen molar-refractivity contribution in [2.24, 2.45) is 0 Å². The number of aromatic nitrogens is 8. The molecule has 6 heterocycles. The molecule has 0 bridgehead atoms.